The Hall–Kier alpha value is -1.37. The first-order chi connectivity index (χ1) is 9.97. The summed E-state index contributed by atoms with van der Waals surface area (Å²) >= 11 is 6.94. The highest BCUT2D eigenvalue weighted by molar-refractivity contribution is 7.93. The fraction of sp³-hybridized carbons (Fsp3) is 0.214. The summed E-state index contributed by atoms with van der Waals surface area (Å²) in [7, 11) is -3.23. The Bertz CT molecular complexity index is 778. The van der Waals surface area contributed by atoms with Gasteiger partial charge in [-0.05, 0) is 35.7 Å². The summed E-state index contributed by atoms with van der Waals surface area (Å²) in [5, 5.41) is 2.24. The van der Waals surface area contributed by atoms with Crippen molar-refractivity contribution in [3.05, 3.63) is 51.9 Å². The van der Waals surface area contributed by atoms with Crippen LogP contribution in [0.15, 0.2) is 39.9 Å². The van der Waals surface area contributed by atoms with Gasteiger partial charge in [0.05, 0.1) is 11.3 Å². The molecule has 2 aromatic rings. The fourth-order valence-electron chi connectivity index (χ4n) is 2.21. The lowest BCUT2D eigenvalue weighted by molar-refractivity contribution is 0.0280. The third-order valence-electron chi connectivity index (χ3n) is 3.27. The van der Waals surface area contributed by atoms with Gasteiger partial charge in [-0.15, -0.1) is 11.3 Å². The molecular formula is C14H11ClO4S2. The molecule has 0 N–H and O–H groups in total. The quantitative estimate of drug-likeness (QED) is 0.784. The lowest BCUT2D eigenvalue weighted by Crippen LogP contribution is -2.22. The second kappa shape index (κ2) is 5.44. The van der Waals surface area contributed by atoms with Crippen LogP contribution < -0.4 is 0 Å². The third kappa shape index (κ3) is 2.84. The molecule has 21 heavy (non-hydrogen) atoms. The molecule has 0 spiro atoms. The molecule has 0 fully saturated rings. The Morgan fingerprint density at radius 2 is 1.95 bits per heavy atom. The number of carbonyl (C=O) groups is 1. The predicted molar refractivity (Wildman–Crippen MR) is 80.6 cm³/mol. The minimum absolute atomic E-state index is 0.000915. The molecule has 4 nitrogen and oxygen atoms in total. The molecule has 1 aliphatic rings. The maximum atomic E-state index is 12.1. The molecule has 0 saturated heterocycles. The van der Waals surface area contributed by atoms with Gasteiger partial charge in [0.15, 0.2) is 9.84 Å². The number of thiophene rings is 1. The summed E-state index contributed by atoms with van der Waals surface area (Å²) in [6, 6.07) is 8.09. The number of hydrogen-bond donors (Lipinski definition) is 0. The first-order valence-corrected chi connectivity index (χ1v) is 9.15. The summed E-state index contributed by atoms with van der Waals surface area (Å²) in [5.41, 5.74) is 0.971. The third-order valence-corrected chi connectivity index (χ3v) is 6.86. The zero-order valence-electron chi connectivity index (χ0n) is 10.8. The van der Waals surface area contributed by atoms with Gasteiger partial charge in [0.1, 0.15) is 10.3 Å². The van der Waals surface area contributed by atoms with Gasteiger partial charge in [0, 0.05) is 17.0 Å². The van der Waals surface area contributed by atoms with E-state index < -0.39 is 21.9 Å². The van der Waals surface area contributed by atoms with Gasteiger partial charge in [-0.25, -0.2) is 13.2 Å². The molecule has 2 heterocycles. The molecule has 3 rings (SSSR count). The molecule has 1 aliphatic heterocycles. The normalized spacial score (nSPS) is 19.8. The Morgan fingerprint density at radius 1 is 1.24 bits per heavy atom. The number of benzene rings is 1. The van der Waals surface area contributed by atoms with E-state index >= 15 is 0 Å². The van der Waals surface area contributed by atoms with Crippen molar-refractivity contribution in [3.63, 3.8) is 0 Å². The van der Waals surface area contributed by atoms with E-state index in [0.29, 0.717) is 20.4 Å². The van der Waals surface area contributed by atoms with E-state index in [2.05, 4.69) is 0 Å². The van der Waals surface area contributed by atoms with E-state index in [1.165, 1.54) is 0 Å². The van der Waals surface area contributed by atoms with E-state index in [4.69, 9.17) is 16.3 Å². The topological polar surface area (TPSA) is 60.4 Å². The molecule has 0 radical (unpaired) electrons. The van der Waals surface area contributed by atoms with E-state index in [9.17, 15) is 13.2 Å². The summed E-state index contributed by atoms with van der Waals surface area (Å²) in [4.78, 5) is 12.1. The minimum Gasteiger partial charge on any atom is -0.454 e. The Kier molecular flexibility index (Phi) is 3.77. The van der Waals surface area contributed by atoms with Crippen molar-refractivity contribution in [1.29, 1.82) is 0 Å². The Labute approximate surface area is 131 Å². The standard InChI is InChI=1S/C14H11ClO4S2/c15-10-3-1-9(2-4-10)13(16)19-12-6-8-21(17,18)14-11(12)5-7-20-14/h1-5,7,12H,6,8H2/t12-/m0/s1. The molecule has 0 amide bonds. The molecule has 0 bridgehead atoms. The van der Waals surface area contributed by atoms with Crippen LogP contribution in [-0.2, 0) is 14.6 Å². The lowest BCUT2D eigenvalue weighted by atomic mass is 10.1. The molecule has 110 valence electrons. The molecule has 1 aromatic heterocycles. The summed E-state index contributed by atoms with van der Waals surface area (Å²) in [6.45, 7) is 0. The van der Waals surface area contributed by atoms with Crippen LogP contribution in [0, 0.1) is 0 Å². The average Bonchev–Trinajstić information content (AvgIpc) is 2.94. The van der Waals surface area contributed by atoms with Gasteiger partial charge in [-0.1, -0.05) is 11.6 Å². The van der Waals surface area contributed by atoms with Crippen molar-refractivity contribution in [3.8, 4) is 0 Å². The lowest BCUT2D eigenvalue weighted by Gasteiger charge is -2.22. The van der Waals surface area contributed by atoms with Gasteiger partial charge < -0.3 is 4.74 Å². The number of fused-ring (bicyclic) bond motifs is 1. The fourth-order valence-corrected chi connectivity index (χ4v) is 5.28. The van der Waals surface area contributed by atoms with E-state index in [1.54, 1.807) is 35.7 Å². The largest absolute Gasteiger partial charge is 0.454 e. The maximum absolute atomic E-state index is 12.1. The van der Waals surface area contributed by atoms with Crippen molar-refractivity contribution in [2.75, 3.05) is 5.75 Å². The number of ether oxygens (including phenoxy) is 1. The number of carbonyl (C=O) groups excluding carboxylic acids is 1. The van der Waals surface area contributed by atoms with Crippen molar-refractivity contribution in [1.82, 2.24) is 0 Å². The highest BCUT2D eigenvalue weighted by Gasteiger charge is 2.33. The summed E-state index contributed by atoms with van der Waals surface area (Å²) in [5.74, 6) is -0.480. The zero-order chi connectivity index (χ0) is 15.0. The van der Waals surface area contributed by atoms with Gasteiger partial charge in [0.25, 0.3) is 0 Å². The maximum Gasteiger partial charge on any atom is 0.338 e. The van der Waals surface area contributed by atoms with Crippen LogP contribution in [0.3, 0.4) is 0 Å². The van der Waals surface area contributed by atoms with Gasteiger partial charge in [-0.3, -0.25) is 0 Å². The minimum atomic E-state index is -3.23. The monoisotopic (exact) mass is 342 g/mol. The van der Waals surface area contributed by atoms with E-state index in [-0.39, 0.29) is 12.2 Å². The van der Waals surface area contributed by atoms with Gasteiger partial charge in [0.2, 0.25) is 0 Å². The van der Waals surface area contributed by atoms with Crippen molar-refractivity contribution in [2.45, 2.75) is 16.7 Å². The van der Waals surface area contributed by atoms with Gasteiger partial charge in [-0.2, -0.15) is 0 Å². The molecule has 0 unspecified atom stereocenters. The molecule has 0 aliphatic carbocycles. The highest BCUT2D eigenvalue weighted by Crippen LogP contribution is 2.38. The van der Waals surface area contributed by atoms with Crippen LogP contribution in [0.25, 0.3) is 0 Å². The molecule has 1 aromatic carbocycles. The van der Waals surface area contributed by atoms with Crippen LogP contribution in [0.1, 0.15) is 28.4 Å². The number of halogens is 1. The average molecular weight is 343 g/mol. The summed E-state index contributed by atoms with van der Waals surface area (Å²) < 4.78 is 29.6. The first-order valence-electron chi connectivity index (χ1n) is 6.24. The van der Waals surface area contributed by atoms with Crippen molar-refractivity contribution in [2.24, 2.45) is 0 Å². The van der Waals surface area contributed by atoms with Crippen molar-refractivity contribution >= 4 is 38.7 Å². The predicted octanol–water partition coefficient (Wildman–Crippen LogP) is 3.48. The van der Waals surface area contributed by atoms with Crippen LogP contribution in [0.4, 0.5) is 0 Å². The van der Waals surface area contributed by atoms with Crippen LogP contribution in [0.5, 0.6) is 0 Å². The molecule has 7 heteroatoms. The number of sulfone groups is 1. The zero-order valence-corrected chi connectivity index (χ0v) is 13.2. The molecular weight excluding hydrogens is 332 g/mol. The SMILES string of the molecule is O=C(O[C@H]1CCS(=O)(=O)c2sccc21)c1ccc(Cl)cc1. The highest BCUT2D eigenvalue weighted by atomic mass is 35.5. The number of esters is 1. The van der Waals surface area contributed by atoms with E-state index in [0.717, 1.165) is 11.3 Å². The number of rotatable bonds is 2. The first kappa shape index (κ1) is 14.6. The second-order valence-corrected chi connectivity index (χ2v) is 8.33. The van der Waals surface area contributed by atoms with Crippen molar-refractivity contribution < 1.29 is 17.9 Å². The smallest absolute Gasteiger partial charge is 0.338 e. The summed E-state index contributed by atoms with van der Waals surface area (Å²) in [6.07, 6.45) is -0.233. The van der Waals surface area contributed by atoms with E-state index in [1.807, 2.05) is 0 Å². The molecule has 1 atom stereocenters. The van der Waals surface area contributed by atoms with Crippen LogP contribution in [-0.4, -0.2) is 20.1 Å². The van der Waals surface area contributed by atoms with Crippen LogP contribution in [0.2, 0.25) is 5.02 Å². The van der Waals surface area contributed by atoms with Crippen LogP contribution >= 0.6 is 22.9 Å². The Morgan fingerprint density at radius 3 is 2.67 bits per heavy atom. The Balaban J connectivity index is 1.84. The van der Waals surface area contributed by atoms with Gasteiger partial charge >= 0.3 is 5.97 Å². The second-order valence-electron chi connectivity index (χ2n) is 4.67. The molecule has 0 saturated carbocycles. The number of hydrogen-bond acceptors (Lipinski definition) is 5.